The molecule has 15 nitrogen and oxygen atoms in total. The quantitative estimate of drug-likeness (QED) is 0.100. The Labute approximate surface area is 352 Å². The van der Waals surface area contributed by atoms with Crippen molar-refractivity contribution in [3.63, 3.8) is 0 Å². The van der Waals surface area contributed by atoms with E-state index in [0.717, 1.165) is 99.3 Å². The number of ether oxygens (including phenoxy) is 2. The monoisotopic (exact) mass is 841 g/mol. The average molecular weight is 842 g/mol. The molecule has 17 heteroatoms. The molecule has 1 aromatic carbocycles. The van der Waals surface area contributed by atoms with Crippen LogP contribution in [0.5, 0.6) is 0 Å². The number of morpholine rings is 1. The number of nitrogens with zero attached hydrogens (tertiary/aromatic N) is 5. The second kappa shape index (κ2) is 17.6. The Balaban J connectivity index is 0.740. The number of hydrogen-bond acceptors (Lipinski definition) is 12. The summed E-state index contributed by atoms with van der Waals surface area (Å²) in [6.45, 7) is 6.31. The number of benzene rings is 1. The van der Waals surface area contributed by atoms with Crippen LogP contribution in [0.4, 0.5) is 14.5 Å². The fourth-order valence-corrected chi connectivity index (χ4v) is 10.0. The molecule has 2 aromatic heterocycles. The van der Waals surface area contributed by atoms with E-state index in [4.69, 9.17) is 19.3 Å². The van der Waals surface area contributed by atoms with E-state index in [2.05, 4.69) is 48.8 Å². The van der Waals surface area contributed by atoms with Crippen molar-refractivity contribution in [2.75, 3.05) is 38.1 Å². The number of aliphatic imine (C=N–C) groups is 1. The van der Waals surface area contributed by atoms with E-state index in [1.165, 1.54) is 6.20 Å². The van der Waals surface area contributed by atoms with Crippen LogP contribution in [0.2, 0.25) is 0 Å². The molecule has 3 amide bonds. The van der Waals surface area contributed by atoms with Gasteiger partial charge < -0.3 is 39.7 Å². The fraction of sp³-hybridized carbons (Fsp3) is 0.545. The molecule has 5 aliphatic heterocycles. The Morgan fingerprint density at radius 1 is 1.11 bits per heavy atom. The van der Waals surface area contributed by atoms with Gasteiger partial charge in [0.2, 0.25) is 11.8 Å². The van der Waals surface area contributed by atoms with Gasteiger partial charge in [-0.2, -0.15) is 5.10 Å². The van der Waals surface area contributed by atoms with E-state index in [1.807, 2.05) is 18.2 Å². The zero-order valence-corrected chi connectivity index (χ0v) is 34.3. The lowest BCUT2D eigenvalue weighted by Gasteiger charge is -2.37. The molecule has 4 atom stereocenters. The average Bonchev–Trinajstić information content (AvgIpc) is 4.07. The Morgan fingerprint density at radius 3 is 2.66 bits per heavy atom. The van der Waals surface area contributed by atoms with Gasteiger partial charge >= 0.3 is 0 Å². The first-order valence-corrected chi connectivity index (χ1v) is 21.6. The molecule has 5 fully saturated rings. The molecule has 2 bridgehead atoms. The predicted molar refractivity (Wildman–Crippen MR) is 222 cm³/mol. The van der Waals surface area contributed by atoms with Crippen molar-refractivity contribution in [3.05, 3.63) is 71.1 Å². The van der Waals surface area contributed by atoms with Crippen LogP contribution >= 0.6 is 0 Å². The zero-order valence-electron chi connectivity index (χ0n) is 34.3. The molecule has 0 radical (unpaired) electrons. The predicted octanol–water partition coefficient (Wildman–Crippen LogP) is 5.72. The Bertz CT molecular complexity index is 2250. The smallest absolute Gasteiger partial charge is 0.284 e. The van der Waals surface area contributed by atoms with Gasteiger partial charge in [-0.25, -0.2) is 13.8 Å². The molecule has 1 aliphatic carbocycles. The van der Waals surface area contributed by atoms with E-state index in [-0.39, 0.29) is 59.3 Å². The molecule has 4 N–H and O–H groups in total. The standard InChI is InChI=1S/C44H53F2N9O6/c1-25(16-27-4-8-37-33(17-27)35(24-60-37)32-7-9-39(56)51-43(32)57)61-30-11-14-53(15-12-30)20-26-2-5-28(6-3-26)55-22-36(40(52-55)41(45)46)49-44(58)34(19-47)42-48-13-10-38(50-42)54-21-31-18-29(54)23-59-31/h4,8,10,13,17,19,22,24-26,28-32,41,47-48H,2-3,5-7,9,11-12,14-16,18,20-21,23H2,1H3,(H,49,58)(H,51,56,57)/b42-34-,47-19?/t25?,26?,28?,29-,31-,32?/m1/s1. The minimum atomic E-state index is -2.89. The molecule has 324 valence electrons. The Hall–Kier alpha value is -5.26. The number of rotatable bonds is 12. The van der Waals surface area contributed by atoms with Crippen LogP contribution in [-0.4, -0.2) is 106 Å². The van der Waals surface area contributed by atoms with Gasteiger partial charge in [0.25, 0.3) is 12.3 Å². The zero-order chi connectivity index (χ0) is 42.2. The van der Waals surface area contributed by atoms with Crippen molar-refractivity contribution in [3.8, 4) is 0 Å². The van der Waals surface area contributed by atoms with Crippen LogP contribution < -0.4 is 16.0 Å². The van der Waals surface area contributed by atoms with Crippen molar-refractivity contribution < 1.29 is 37.1 Å². The molecular weight excluding hydrogens is 789 g/mol. The van der Waals surface area contributed by atoms with Crippen molar-refractivity contribution in [2.45, 2.75) is 114 Å². The highest BCUT2D eigenvalue weighted by Gasteiger charge is 2.40. The molecule has 6 aliphatic rings. The number of anilines is 1. The maximum Gasteiger partial charge on any atom is 0.284 e. The lowest BCUT2D eigenvalue weighted by atomic mass is 9.85. The Morgan fingerprint density at radius 2 is 1.93 bits per heavy atom. The van der Waals surface area contributed by atoms with Crippen molar-refractivity contribution in [1.29, 1.82) is 5.41 Å². The molecule has 9 rings (SSSR count). The van der Waals surface area contributed by atoms with Gasteiger partial charge in [-0.3, -0.25) is 24.4 Å². The molecule has 1 saturated carbocycles. The molecule has 2 unspecified atom stereocenters. The summed E-state index contributed by atoms with van der Waals surface area (Å²) in [5.41, 5.74) is 2.01. The third-order valence-corrected chi connectivity index (χ3v) is 13.2. The number of likely N-dealkylation sites (tertiary alicyclic amines) is 2. The summed E-state index contributed by atoms with van der Waals surface area (Å²) in [5.74, 6) is -0.296. The molecule has 4 saturated heterocycles. The van der Waals surface area contributed by atoms with Crippen molar-refractivity contribution in [1.82, 2.24) is 30.2 Å². The minimum absolute atomic E-state index is 0.00617. The number of fused-ring (bicyclic) bond motifs is 3. The summed E-state index contributed by atoms with van der Waals surface area (Å²) in [4.78, 5) is 46.9. The highest BCUT2D eigenvalue weighted by atomic mass is 19.3. The Kier molecular flexibility index (Phi) is 11.9. The first-order chi connectivity index (χ1) is 29.6. The number of carbonyl (C=O) groups excluding carboxylic acids is 3. The maximum absolute atomic E-state index is 14.3. The fourth-order valence-electron chi connectivity index (χ4n) is 10.0. The van der Waals surface area contributed by atoms with Gasteiger partial charge in [0.15, 0.2) is 5.69 Å². The number of piperidine rings is 2. The number of furan rings is 1. The number of hydrogen-bond donors (Lipinski definition) is 4. The number of halogens is 2. The number of aromatic nitrogens is 2. The van der Waals surface area contributed by atoms with Crippen molar-refractivity contribution in [2.24, 2.45) is 10.9 Å². The third kappa shape index (κ3) is 8.91. The van der Waals surface area contributed by atoms with Crippen molar-refractivity contribution >= 4 is 46.4 Å². The van der Waals surface area contributed by atoms with E-state index >= 15 is 0 Å². The highest BCUT2D eigenvalue weighted by molar-refractivity contribution is 6.18. The van der Waals surface area contributed by atoms with Gasteiger partial charge in [-0.05, 0) is 94.4 Å². The number of amides is 3. The molecular formula is C44H53F2N9O6. The summed E-state index contributed by atoms with van der Waals surface area (Å²) in [6, 6.07) is 6.21. The second-order valence-corrected chi connectivity index (χ2v) is 17.4. The van der Waals surface area contributed by atoms with Gasteiger partial charge in [-0.15, -0.1) is 0 Å². The topological polar surface area (TPSA) is 179 Å². The first kappa shape index (κ1) is 41.1. The first-order valence-electron chi connectivity index (χ1n) is 21.6. The van der Waals surface area contributed by atoms with Crippen LogP contribution in [-0.2, 0) is 30.3 Å². The lowest BCUT2D eigenvalue weighted by Crippen LogP contribution is -2.42. The second-order valence-electron chi connectivity index (χ2n) is 17.4. The number of imide groups is 1. The normalized spacial score (nSPS) is 27.3. The van der Waals surface area contributed by atoms with E-state index in [0.29, 0.717) is 37.7 Å². The maximum atomic E-state index is 14.3. The SMILES string of the molecule is CC(Cc1ccc2occ(C3CCC(=O)NC3=O)c2c1)OC1CCN(CC2CCC(n3cc(NC(=O)/C(C=N)=C4\N=C(N5C[C@H]6C[C@@H]5CO6)C=CN4)c(C(F)F)n3)CC2)CC1. The number of nitrogens with one attached hydrogen (secondary N) is 4. The summed E-state index contributed by atoms with van der Waals surface area (Å²) in [7, 11) is 0. The van der Waals surface area contributed by atoms with E-state index in [9.17, 15) is 23.2 Å². The summed E-state index contributed by atoms with van der Waals surface area (Å²) in [6.07, 6.45) is 12.8. The minimum Gasteiger partial charge on any atom is -0.464 e. The largest absolute Gasteiger partial charge is 0.464 e. The van der Waals surface area contributed by atoms with Gasteiger partial charge in [-0.1, -0.05) is 6.07 Å². The van der Waals surface area contributed by atoms with Crippen LogP contribution in [0, 0.1) is 11.3 Å². The highest BCUT2D eigenvalue weighted by Crippen LogP contribution is 2.37. The van der Waals surface area contributed by atoms with Crippen LogP contribution in [0.25, 0.3) is 11.0 Å². The van der Waals surface area contributed by atoms with Crippen LogP contribution in [0.15, 0.2) is 63.7 Å². The molecule has 0 spiro atoms. The van der Waals surface area contributed by atoms with E-state index < -0.39 is 23.9 Å². The van der Waals surface area contributed by atoms with E-state index in [1.54, 1.807) is 17.1 Å². The summed E-state index contributed by atoms with van der Waals surface area (Å²) >= 11 is 0. The molecule has 3 aromatic rings. The third-order valence-electron chi connectivity index (χ3n) is 13.2. The van der Waals surface area contributed by atoms with Gasteiger partial charge in [0, 0.05) is 62.2 Å². The number of alkyl halides is 2. The summed E-state index contributed by atoms with van der Waals surface area (Å²) in [5, 5.41) is 21.1. The lowest BCUT2D eigenvalue weighted by molar-refractivity contribution is -0.134. The van der Waals surface area contributed by atoms with Crippen LogP contribution in [0.3, 0.4) is 0 Å². The van der Waals surface area contributed by atoms with Crippen LogP contribution in [0.1, 0.15) is 99.9 Å². The van der Waals surface area contributed by atoms with Gasteiger partial charge in [0.1, 0.15) is 17.2 Å². The van der Waals surface area contributed by atoms with Gasteiger partial charge in [0.05, 0.1) is 60.4 Å². The molecule has 7 heterocycles. The summed E-state index contributed by atoms with van der Waals surface area (Å²) < 4.78 is 48.1. The number of carbonyl (C=O) groups is 3. The molecule has 61 heavy (non-hydrogen) atoms. The number of amidine groups is 1.